The van der Waals surface area contributed by atoms with Crippen LogP contribution in [0, 0.1) is 11.8 Å². The van der Waals surface area contributed by atoms with E-state index in [1.165, 1.54) is 0 Å². The molecule has 1 aromatic rings. The Hall–Kier alpha value is -2.04. The maximum absolute atomic E-state index is 12.1. The summed E-state index contributed by atoms with van der Waals surface area (Å²) in [6.07, 6.45) is 0.306. The molecule has 1 heterocycles. The molecule has 120 valence electrons. The Bertz CT molecular complexity index is 525. The van der Waals surface area contributed by atoms with Crippen LogP contribution >= 0.6 is 0 Å². The first-order valence-corrected chi connectivity index (χ1v) is 7.68. The smallest absolute Gasteiger partial charge is 0.225 e. The lowest BCUT2D eigenvalue weighted by atomic mass is 10.1. The van der Waals surface area contributed by atoms with Crippen LogP contribution < -0.4 is 10.1 Å². The summed E-state index contributed by atoms with van der Waals surface area (Å²) in [6.45, 7) is 5.79. The number of hydrogen-bond donors (Lipinski definition) is 1. The fourth-order valence-corrected chi connectivity index (χ4v) is 2.50. The number of ether oxygens (including phenoxy) is 1. The van der Waals surface area contributed by atoms with Gasteiger partial charge in [-0.2, -0.15) is 0 Å². The van der Waals surface area contributed by atoms with E-state index in [0.29, 0.717) is 32.0 Å². The van der Waals surface area contributed by atoms with Crippen LogP contribution in [0.1, 0.15) is 25.8 Å². The van der Waals surface area contributed by atoms with Gasteiger partial charge in [0.15, 0.2) is 0 Å². The number of hydrogen-bond acceptors (Lipinski definition) is 3. The number of carbonyl (C=O) groups is 2. The zero-order valence-electron chi connectivity index (χ0n) is 13.5. The zero-order valence-corrected chi connectivity index (χ0v) is 13.5. The maximum atomic E-state index is 12.1. The lowest BCUT2D eigenvalue weighted by Gasteiger charge is -2.17. The SMILES string of the molecule is COc1ccc(CN2C[C@@H](C(=O)NCC(C)C)CC2=O)cc1. The van der Waals surface area contributed by atoms with Gasteiger partial charge in [-0.1, -0.05) is 26.0 Å². The molecule has 2 amide bonds. The minimum Gasteiger partial charge on any atom is -0.497 e. The number of carbonyl (C=O) groups excluding carboxylic acids is 2. The third kappa shape index (κ3) is 4.23. The molecule has 0 unspecified atom stereocenters. The van der Waals surface area contributed by atoms with Crippen LogP contribution in [-0.2, 0) is 16.1 Å². The Morgan fingerprint density at radius 1 is 1.36 bits per heavy atom. The highest BCUT2D eigenvalue weighted by Crippen LogP contribution is 2.21. The topological polar surface area (TPSA) is 58.6 Å². The lowest BCUT2D eigenvalue weighted by molar-refractivity contribution is -0.129. The van der Waals surface area contributed by atoms with Crippen molar-refractivity contribution in [2.24, 2.45) is 11.8 Å². The molecule has 0 spiro atoms. The summed E-state index contributed by atoms with van der Waals surface area (Å²) in [6, 6.07) is 7.64. The van der Waals surface area contributed by atoms with Crippen molar-refractivity contribution in [1.82, 2.24) is 10.2 Å². The summed E-state index contributed by atoms with van der Waals surface area (Å²) >= 11 is 0. The van der Waals surface area contributed by atoms with E-state index in [0.717, 1.165) is 11.3 Å². The summed E-state index contributed by atoms with van der Waals surface area (Å²) in [5, 5.41) is 2.91. The number of benzene rings is 1. The Morgan fingerprint density at radius 3 is 2.64 bits per heavy atom. The van der Waals surface area contributed by atoms with Gasteiger partial charge in [0.2, 0.25) is 11.8 Å². The van der Waals surface area contributed by atoms with Gasteiger partial charge in [-0.15, -0.1) is 0 Å². The van der Waals surface area contributed by atoms with E-state index in [-0.39, 0.29) is 17.7 Å². The third-order valence-corrected chi connectivity index (χ3v) is 3.80. The number of amides is 2. The van der Waals surface area contributed by atoms with Gasteiger partial charge in [0.1, 0.15) is 5.75 Å². The second kappa shape index (κ2) is 7.29. The van der Waals surface area contributed by atoms with E-state index in [1.54, 1.807) is 12.0 Å². The minimum atomic E-state index is -0.232. The van der Waals surface area contributed by atoms with Gasteiger partial charge in [0.25, 0.3) is 0 Å². The lowest BCUT2D eigenvalue weighted by Crippen LogP contribution is -2.34. The van der Waals surface area contributed by atoms with E-state index in [2.05, 4.69) is 19.2 Å². The number of rotatable bonds is 6. The molecule has 5 nitrogen and oxygen atoms in total. The molecule has 0 aromatic heterocycles. The molecular formula is C17H24N2O3. The Balaban J connectivity index is 1.90. The van der Waals surface area contributed by atoms with Gasteiger partial charge in [0, 0.05) is 26.1 Å². The molecule has 22 heavy (non-hydrogen) atoms. The van der Waals surface area contributed by atoms with E-state index >= 15 is 0 Å². The van der Waals surface area contributed by atoms with E-state index in [4.69, 9.17) is 4.74 Å². The quantitative estimate of drug-likeness (QED) is 0.872. The van der Waals surface area contributed by atoms with E-state index in [1.807, 2.05) is 24.3 Å². The molecule has 1 N–H and O–H groups in total. The Kier molecular flexibility index (Phi) is 5.41. The third-order valence-electron chi connectivity index (χ3n) is 3.80. The normalized spacial score (nSPS) is 17.9. The molecule has 1 aliphatic heterocycles. The summed E-state index contributed by atoms with van der Waals surface area (Å²) in [7, 11) is 1.62. The first kappa shape index (κ1) is 16.3. The highest BCUT2D eigenvalue weighted by molar-refractivity contribution is 5.89. The van der Waals surface area contributed by atoms with Crippen molar-refractivity contribution in [3.8, 4) is 5.75 Å². The van der Waals surface area contributed by atoms with Gasteiger partial charge < -0.3 is 15.0 Å². The van der Waals surface area contributed by atoms with Crippen LogP contribution in [0.5, 0.6) is 5.75 Å². The van der Waals surface area contributed by atoms with Crippen LogP contribution in [-0.4, -0.2) is 36.9 Å². The summed E-state index contributed by atoms with van der Waals surface area (Å²) in [4.78, 5) is 25.9. The average molecular weight is 304 g/mol. The second-order valence-corrected chi connectivity index (χ2v) is 6.16. The summed E-state index contributed by atoms with van der Waals surface area (Å²) in [5.74, 6) is 1.00. The molecule has 0 aliphatic carbocycles. The molecule has 0 saturated carbocycles. The second-order valence-electron chi connectivity index (χ2n) is 6.16. The standard InChI is InChI=1S/C17H24N2O3/c1-12(2)9-18-17(21)14-8-16(20)19(11-14)10-13-4-6-15(22-3)7-5-13/h4-7,12,14H,8-11H2,1-3H3,(H,18,21)/t14-/m0/s1. The summed E-state index contributed by atoms with van der Waals surface area (Å²) in [5.41, 5.74) is 1.04. The fourth-order valence-electron chi connectivity index (χ4n) is 2.50. The molecular weight excluding hydrogens is 280 g/mol. The predicted molar refractivity (Wildman–Crippen MR) is 84.4 cm³/mol. The van der Waals surface area contributed by atoms with Gasteiger partial charge >= 0.3 is 0 Å². The van der Waals surface area contributed by atoms with E-state index in [9.17, 15) is 9.59 Å². The summed E-state index contributed by atoms with van der Waals surface area (Å²) < 4.78 is 5.12. The number of nitrogens with zero attached hydrogens (tertiary/aromatic N) is 1. The molecule has 1 aromatic carbocycles. The van der Waals surface area contributed by atoms with Crippen molar-refractivity contribution in [1.29, 1.82) is 0 Å². The van der Waals surface area contributed by atoms with Crippen molar-refractivity contribution >= 4 is 11.8 Å². The molecule has 1 atom stereocenters. The number of methoxy groups -OCH3 is 1. The molecule has 1 aliphatic rings. The Morgan fingerprint density at radius 2 is 2.05 bits per heavy atom. The molecule has 2 rings (SSSR count). The highest BCUT2D eigenvalue weighted by atomic mass is 16.5. The van der Waals surface area contributed by atoms with Crippen molar-refractivity contribution in [2.45, 2.75) is 26.8 Å². The van der Waals surface area contributed by atoms with Gasteiger partial charge in [-0.25, -0.2) is 0 Å². The molecule has 1 saturated heterocycles. The fraction of sp³-hybridized carbons (Fsp3) is 0.529. The zero-order chi connectivity index (χ0) is 16.1. The molecule has 0 bridgehead atoms. The van der Waals surface area contributed by atoms with Crippen LogP contribution in [0.3, 0.4) is 0 Å². The first-order valence-electron chi connectivity index (χ1n) is 7.68. The number of nitrogens with one attached hydrogen (secondary N) is 1. The van der Waals surface area contributed by atoms with Crippen molar-refractivity contribution in [3.63, 3.8) is 0 Å². The van der Waals surface area contributed by atoms with Crippen LogP contribution in [0.15, 0.2) is 24.3 Å². The van der Waals surface area contributed by atoms with Crippen LogP contribution in [0.4, 0.5) is 0 Å². The number of likely N-dealkylation sites (tertiary alicyclic amines) is 1. The highest BCUT2D eigenvalue weighted by Gasteiger charge is 2.34. The first-order chi connectivity index (χ1) is 10.5. The molecule has 5 heteroatoms. The van der Waals surface area contributed by atoms with Crippen LogP contribution in [0.25, 0.3) is 0 Å². The van der Waals surface area contributed by atoms with Crippen LogP contribution in [0.2, 0.25) is 0 Å². The monoisotopic (exact) mass is 304 g/mol. The van der Waals surface area contributed by atoms with Crippen molar-refractivity contribution in [2.75, 3.05) is 20.2 Å². The van der Waals surface area contributed by atoms with E-state index < -0.39 is 0 Å². The van der Waals surface area contributed by atoms with Gasteiger partial charge in [0.05, 0.1) is 13.0 Å². The van der Waals surface area contributed by atoms with Crippen molar-refractivity contribution in [3.05, 3.63) is 29.8 Å². The Labute approximate surface area is 131 Å². The molecule has 0 radical (unpaired) electrons. The van der Waals surface area contributed by atoms with Crippen molar-refractivity contribution < 1.29 is 14.3 Å². The maximum Gasteiger partial charge on any atom is 0.225 e. The largest absolute Gasteiger partial charge is 0.497 e. The minimum absolute atomic E-state index is 0.0146. The molecule has 1 fully saturated rings. The average Bonchev–Trinajstić information content (AvgIpc) is 2.86. The van der Waals surface area contributed by atoms with Gasteiger partial charge in [-0.05, 0) is 23.6 Å². The van der Waals surface area contributed by atoms with Gasteiger partial charge in [-0.3, -0.25) is 9.59 Å². The predicted octanol–water partition coefficient (Wildman–Crippen LogP) is 1.82.